The third-order valence-electron chi connectivity index (χ3n) is 3.46. The summed E-state index contributed by atoms with van der Waals surface area (Å²) in [6.07, 6.45) is 5.69. The summed E-state index contributed by atoms with van der Waals surface area (Å²) in [4.78, 5) is 27.7. The van der Waals surface area contributed by atoms with Gasteiger partial charge in [0.2, 0.25) is 0 Å². The Bertz CT molecular complexity index is 828. The molecule has 1 aromatic carbocycles. The standard InChI is InChI=1S/C19H16N2O4/c22-18(8-3-14-9-11-20-12-10-14)25-16-6-4-15(5-7-16)21-19(23)17-2-1-13-24-17/h1-2,4-7,9-13H,3,8H2,(H,21,23). The molecule has 0 radical (unpaired) electrons. The molecular formula is C19H16N2O4. The third kappa shape index (κ3) is 4.78. The molecule has 2 aromatic heterocycles. The summed E-state index contributed by atoms with van der Waals surface area (Å²) >= 11 is 0. The number of esters is 1. The predicted molar refractivity (Wildman–Crippen MR) is 91.3 cm³/mol. The monoisotopic (exact) mass is 336 g/mol. The van der Waals surface area contributed by atoms with Crippen LogP contribution >= 0.6 is 0 Å². The van der Waals surface area contributed by atoms with Gasteiger partial charge in [-0.15, -0.1) is 0 Å². The molecule has 25 heavy (non-hydrogen) atoms. The molecule has 126 valence electrons. The summed E-state index contributed by atoms with van der Waals surface area (Å²) in [5.41, 5.74) is 1.61. The maximum Gasteiger partial charge on any atom is 0.311 e. The van der Waals surface area contributed by atoms with Crippen molar-refractivity contribution in [2.24, 2.45) is 0 Å². The van der Waals surface area contributed by atoms with E-state index < -0.39 is 0 Å². The van der Waals surface area contributed by atoms with Crippen molar-refractivity contribution >= 4 is 17.6 Å². The minimum Gasteiger partial charge on any atom is -0.459 e. The fraction of sp³-hybridized carbons (Fsp3) is 0.105. The molecule has 0 saturated heterocycles. The minimum atomic E-state index is -0.341. The van der Waals surface area contributed by atoms with Crippen molar-refractivity contribution < 1.29 is 18.7 Å². The number of furan rings is 1. The van der Waals surface area contributed by atoms with Gasteiger partial charge >= 0.3 is 5.97 Å². The van der Waals surface area contributed by atoms with Crippen LogP contribution in [0.3, 0.4) is 0 Å². The first-order valence-corrected chi connectivity index (χ1v) is 7.75. The third-order valence-corrected chi connectivity index (χ3v) is 3.46. The molecule has 0 fully saturated rings. The van der Waals surface area contributed by atoms with Crippen LogP contribution in [0.25, 0.3) is 0 Å². The van der Waals surface area contributed by atoms with Crippen molar-refractivity contribution in [2.75, 3.05) is 5.32 Å². The molecule has 0 bridgehead atoms. The van der Waals surface area contributed by atoms with Crippen molar-refractivity contribution in [3.63, 3.8) is 0 Å². The number of carbonyl (C=O) groups excluding carboxylic acids is 2. The number of ether oxygens (including phenoxy) is 1. The second kappa shape index (κ2) is 7.92. The molecule has 6 nitrogen and oxygen atoms in total. The number of carbonyl (C=O) groups is 2. The first-order valence-electron chi connectivity index (χ1n) is 7.75. The van der Waals surface area contributed by atoms with Crippen LogP contribution in [-0.2, 0) is 11.2 Å². The number of amides is 1. The number of rotatable bonds is 6. The van der Waals surface area contributed by atoms with E-state index >= 15 is 0 Å². The Kier molecular flexibility index (Phi) is 5.21. The fourth-order valence-electron chi connectivity index (χ4n) is 2.19. The van der Waals surface area contributed by atoms with E-state index in [0.29, 0.717) is 17.9 Å². The summed E-state index contributed by atoms with van der Waals surface area (Å²) in [5.74, 6) is -0.00128. The van der Waals surface area contributed by atoms with Gasteiger partial charge in [0.15, 0.2) is 5.76 Å². The Labute approximate surface area is 144 Å². The maximum atomic E-state index is 11.9. The van der Waals surface area contributed by atoms with Gasteiger partial charge in [-0.2, -0.15) is 0 Å². The van der Waals surface area contributed by atoms with Crippen molar-refractivity contribution in [3.05, 3.63) is 78.5 Å². The summed E-state index contributed by atoms with van der Waals surface area (Å²) in [6.45, 7) is 0. The van der Waals surface area contributed by atoms with Gasteiger partial charge in [-0.1, -0.05) is 0 Å². The first-order chi connectivity index (χ1) is 12.2. The number of nitrogens with zero attached hydrogens (tertiary/aromatic N) is 1. The van der Waals surface area contributed by atoms with E-state index in [-0.39, 0.29) is 24.1 Å². The normalized spacial score (nSPS) is 10.2. The average molecular weight is 336 g/mol. The summed E-state index contributed by atoms with van der Waals surface area (Å²) in [6, 6.07) is 13.5. The van der Waals surface area contributed by atoms with Gasteiger partial charge in [-0.25, -0.2) is 0 Å². The molecule has 3 aromatic rings. The number of benzene rings is 1. The maximum absolute atomic E-state index is 11.9. The van der Waals surface area contributed by atoms with Gasteiger partial charge in [-0.3, -0.25) is 14.6 Å². The quantitative estimate of drug-likeness (QED) is 0.551. The molecule has 0 unspecified atom stereocenters. The lowest BCUT2D eigenvalue weighted by Gasteiger charge is -2.06. The topological polar surface area (TPSA) is 81.4 Å². The lowest BCUT2D eigenvalue weighted by Crippen LogP contribution is -2.11. The molecule has 1 amide bonds. The Morgan fingerprint density at radius 1 is 1.04 bits per heavy atom. The number of hydrogen-bond acceptors (Lipinski definition) is 5. The Hall–Kier alpha value is -3.41. The highest BCUT2D eigenvalue weighted by atomic mass is 16.5. The molecular weight excluding hydrogens is 320 g/mol. The number of nitrogens with one attached hydrogen (secondary N) is 1. The molecule has 1 N–H and O–H groups in total. The lowest BCUT2D eigenvalue weighted by atomic mass is 10.1. The summed E-state index contributed by atoms with van der Waals surface area (Å²) < 4.78 is 10.3. The summed E-state index contributed by atoms with van der Waals surface area (Å²) in [5, 5.41) is 2.69. The highest BCUT2D eigenvalue weighted by Gasteiger charge is 2.09. The van der Waals surface area contributed by atoms with E-state index in [9.17, 15) is 9.59 Å². The zero-order valence-electron chi connectivity index (χ0n) is 13.3. The highest BCUT2D eigenvalue weighted by molar-refractivity contribution is 6.02. The van der Waals surface area contributed by atoms with Crippen molar-refractivity contribution in [3.8, 4) is 5.75 Å². The summed E-state index contributed by atoms with van der Waals surface area (Å²) in [7, 11) is 0. The molecule has 0 atom stereocenters. The van der Waals surface area contributed by atoms with Gasteiger partial charge in [0.25, 0.3) is 5.91 Å². The minimum absolute atomic E-state index is 0.228. The van der Waals surface area contributed by atoms with Gasteiger partial charge in [0, 0.05) is 24.5 Å². The molecule has 3 rings (SSSR count). The van der Waals surface area contributed by atoms with Crippen LogP contribution in [0, 0.1) is 0 Å². The van der Waals surface area contributed by atoms with Gasteiger partial charge in [-0.05, 0) is 60.5 Å². The van der Waals surface area contributed by atoms with E-state index in [1.165, 1.54) is 6.26 Å². The zero-order valence-corrected chi connectivity index (χ0v) is 13.3. The molecule has 0 spiro atoms. The average Bonchev–Trinajstić information content (AvgIpc) is 3.17. The second-order valence-electron chi connectivity index (χ2n) is 5.29. The van der Waals surface area contributed by atoms with Crippen molar-refractivity contribution in [1.82, 2.24) is 4.98 Å². The number of hydrogen-bond donors (Lipinski definition) is 1. The van der Waals surface area contributed by atoms with Gasteiger partial charge in [0.1, 0.15) is 5.75 Å². The number of aromatic nitrogens is 1. The molecule has 0 saturated carbocycles. The molecule has 0 aliphatic carbocycles. The Balaban J connectivity index is 1.50. The van der Waals surface area contributed by atoms with E-state index in [1.54, 1.807) is 48.8 Å². The van der Waals surface area contributed by atoms with Gasteiger partial charge < -0.3 is 14.5 Å². The SMILES string of the molecule is O=C(CCc1ccncc1)Oc1ccc(NC(=O)c2ccco2)cc1. The van der Waals surface area contributed by atoms with Crippen LogP contribution in [0.1, 0.15) is 22.5 Å². The van der Waals surface area contributed by atoms with Crippen LogP contribution < -0.4 is 10.1 Å². The van der Waals surface area contributed by atoms with Crippen LogP contribution in [-0.4, -0.2) is 16.9 Å². The fourth-order valence-corrected chi connectivity index (χ4v) is 2.19. The van der Waals surface area contributed by atoms with E-state index in [4.69, 9.17) is 9.15 Å². The Morgan fingerprint density at radius 3 is 2.48 bits per heavy atom. The predicted octanol–water partition coefficient (Wildman–Crippen LogP) is 3.47. The lowest BCUT2D eigenvalue weighted by molar-refractivity contribution is -0.134. The largest absolute Gasteiger partial charge is 0.459 e. The smallest absolute Gasteiger partial charge is 0.311 e. The molecule has 0 aliphatic heterocycles. The number of aryl methyl sites for hydroxylation is 1. The molecule has 2 heterocycles. The van der Waals surface area contributed by atoms with Crippen LogP contribution in [0.2, 0.25) is 0 Å². The van der Waals surface area contributed by atoms with E-state index in [1.807, 2.05) is 12.1 Å². The highest BCUT2D eigenvalue weighted by Crippen LogP contribution is 2.17. The molecule has 6 heteroatoms. The van der Waals surface area contributed by atoms with Gasteiger partial charge in [0.05, 0.1) is 6.26 Å². The Morgan fingerprint density at radius 2 is 1.80 bits per heavy atom. The van der Waals surface area contributed by atoms with Crippen LogP contribution in [0.5, 0.6) is 5.75 Å². The molecule has 0 aliphatic rings. The van der Waals surface area contributed by atoms with Crippen molar-refractivity contribution in [2.45, 2.75) is 12.8 Å². The van der Waals surface area contributed by atoms with E-state index in [2.05, 4.69) is 10.3 Å². The van der Waals surface area contributed by atoms with E-state index in [0.717, 1.165) is 5.56 Å². The van der Waals surface area contributed by atoms with Crippen LogP contribution in [0.15, 0.2) is 71.6 Å². The van der Waals surface area contributed by atoms with Crippen molar-refractivity contribution in [1.29, 1.82) is 0 Å². The number of pyridine rings is 1. The zero-order chi connectivity index (χ0) is 17.5. The second-order valence-corrected chi connectivity index (χ2v) is 5.29. The number of anilines is 1. The first kappa shape index (κ1) is 16.4. The van der Waals surface area contributed by atoms with Crippen LogP contribution in [0.4, 0.5) is 5.69 Å².